The molecular formula is C16H22O4. The van der Waals surface area contributed by atoms with E-state index in [2.05, 4.69) is 0 Å². The van der Waals surface area contributed by atoms with Crippen LogP contribution in [0.1, 0.15) is 31.2 Å². The van der Waals surface area contributed by atoms with Crippen LogP contribution in [-0.4, -0.2) is 37.1 Å². The van der Waals surface area contributed by atoms with Crippen molar-refractivity contribution >= 4 is 0 Å². The monoisotopic (exact) mass is 278 g/mol. The molecule has 1 N–H and O–H groups in total. The van der Waals surface area contributed by atoms with E-state index in [1.165, 1.54) is 0 Å². The number of rotatable bonds is 5. The predicted octanol–water partition coefficient (Wildman–Crippen LogP) is 2.32. The molecule has 4 nitrogen and oxygen atoms in total. The maximum absolute atomic E-state index is 10.2. The molecule has 3 rings (SSSR count). The van der Waals surface area contributed by atoms with Gasteiger partial charge in [0, 0.05) is 18.6 Å². The summed E-state index contributed by atoms with van der Waals surface area (Å²) in [6.45, 7) is 1.44. The van der Waals surface area contributed by atoms with E-state index in [4.69, 9.17) is 14.2 Å². The third-order valence-electron chi connectivity index (χ3n) is 4.03. The van der Waals surface area contributed by atoms with Crippen LogP contribution in [0.25, 0.3) is 0 Å². The molecule has 1 aromatic rings. The normalized spacial score (nSPS) is 24.2. The van der Waals surface area contributed by atoms with Gasteiger partial charge in [0.25, 0.3) is 0 Å². The van der Waals surface area contributed by atoms with Gasteiger partial charge in [-0.3, -0.25) is 0 Å². The van der Waals surface area contributed by atoms with Crippen molar-refractivity contribution in [3.8, 4) is 11.5 Å². The molecule has 4 heteroatoms. The summed E-state index contributed by atoms with van der Waals surface area (Å²) < 4.78 is 17.0. The minimum atomic E-state index is -0.534. The van der Waals surface area contributed by atoms with E-state index >= 15 is 0 Å². The van der Waals surface area contributed by atoms with Crippen LogP contribution in [0, 0.1) is 0 Å². The standard InChI is InChI=1S/C16H22O4/c1-18-14-6-2-4-12(10-16(17)7-8-16)15(14)20-13-5-3-9-19-11-13/h2,4,6,13,17H,3,5,7-11H2,1H3. The smallest absolute Gasteiger partial charge is 0.164 e. The fourth-order valence-electron chi connectivity index (χ4n) is 2.64. The number of para-hydroxylation sites is 1. The molecule has 0 radical (unpaired) electrons. The number of hydrogen-bond acceptors (Lipinski definition) is 4. The fourth-order valence-corrected chi connectivity index (χ4v) is 2.64. The van der Waals surface area contributed by atoms with Crippen molar-refractivity contribution in [2.45, 2.75) is 43.8 Å². The topological polar surface area (TPSA) is 47.9 Å². The van der Waals surface area contributed by atoms with Crippen molar-refractivity contribution in [2.75, 3.05) is 20.3 Å². The molecule has 1 aliphatic heterocycles. The van der Waals surface area contributed by atoms with E-state index in [-0.39, 0.29) is 6.10 Å². The third kappa shape index (κ3) is 3.07. The Balaban J connectivity index is 1.81. The maximum atomic E-state index is 10.2. The van der Waals surface area contributed by atoms with Crippen molar-refractivity contribution in [1.82, 2.24) is 0 Å². The Morgan fingerprint density at radius 3 is 2.90 bits per heavy atom. The molecule has 1 aromatic carbocycles. The predicted molar refractivity (Wildman–Crippen MR) is 75.4 cm³/mol. The molecule has 20 heavy (non-hydrogen) atoms. The number of hydrogen-bond donors (Lipinski definition) is 1. The highest BCUT2D eigenvalue weighted by atomic mass is 16.5. The lowest BCUT2D eigenvalue weighted by atomic mass is 10.0. The van der Waals surface area contributed by atoms with Gasteiger partial charge in [0.2, 0.25) is 0 Å². The first-order valence-electron chi connectivity index (χ1n) is 7.33. The van der Waals surface area contributed by atoms with Gasteiger partial charge in [-0.15, -0.1) is 0 Å². The van der Waals surface area contributed by atoms with Crippen molar-refractivity contribution in [3.63, 3.8) is 0 Å². The Kier molecular flexibility index (Phi) is 3.85. The summed E-state index contributed by atoms with van der Waals surface area (Å²) in [6, 6.07) is 5.86. The number of aliphatic hydroxyl groups is 1. The molecule has 2 fully saturated rings. The largest absolute Gasteiger partial charge is 0.493 e. The highest BCUT2D eigenvalue weighted by molar-refractivity contribution is 5.47. The minimum Gasteiger partial charge on any atom is -0.493 e. The summed E-state index contributed by atoms with van der Waals surface area (Å²) in [6.07, 6.45) is 4.48. The molecule has 1 unspecified atom stereocenters. The van der Waals surface area contributed by atoms with Crippen LogP contribution in [0.15, 0.2) is 18.2 Å². The van der Waals surface area contributed by atoms with Crippen molar-refractivity contribution in [2.24, 2.45) is 0 Å². The van der Waals surface area contributed by atoms with Crippen LogP contribution in [0.3, 0.4) is 0 Å². The van der Waals surface area contributed by atoms with Crippen LogP contribution < -0.4 is 9.47 Å². The van der Waals surface area contributed by atoms with Gasteiger partial charge in [0.05, 0.1) is 19.3 Å². The molecule has 1 saturated carbocycles. The van der Waals surface area contributed by atoms with Gasteiger partial charge in [-0.05, 0) is 31.7 Å². The fraction of sp³-hybridized carbons (Fsp3) is 0.625. The van der Waals surface area contributed by atoms with Crippen LogP contribution in [0.5, 0.6) is 11.5 Å². The maximum Gasteiger partial charge on any atom is 0.164 e. The molecular weight excluding hydrogens is 256 g/mol. The van der Waals surface area contributed by atoms with Crippen molar-refractivity contribution in [1.29, 1.82) is 0 Å². The first-order valence-corrected chi connectivity index (χ1v) is 7.33. The second-order valence-corrected chi connectivity index (χ2v) is 5.81. The van der Waals surface area contributed by atoms with Gasteiger partial charge in [-0.1, -0.05) is 12.1 Å². The zero-order valence-corrected chi connectivity index (χ0v) is 11.9. The Morgan fingerprint density at radius 2 is 2.25 bits per heavy atom. The average Bonchev–Trinajstić information content (AvgIpc) is 3.19. The Hall–Kier alpha value is -1.26. The molecule has 1 atom stereocenters. The quantitative estimate of drug-likeness (QED) is 0.898. The molecule has 2 aliphatic rings. The first-order chi connectivity index (χ1) is 9.70. The Morgan fingerprint density at radius 1 is 1.40 bits per heavy atom. The van der Waals surface area contributed by atoms with Crippen LogP contribution in [0.2, 0.25) is 0 Å². The molecule has 0 spiro atoms. The van der Waals surface area contributed by atoms with Gasteiger partial charge in [0.15, 0.2) is 11.5 Å². The molecule has 0 aromatic heterocycles. The van der Waals surface area contributed by atoms with E-state index in [1.54, 1.807) is 7.11 Å². The number of benzene rings is 1. The van der Waals surface area contributed by atoms with Crippen molar-refractivity contribution < 1.29 is 19.3 Å². The van der Waals surface area contributed by atoms with E-state index in [1.807, 2.05) is 18.2 Å². The molecule has 1 saturated heterocycles. The minimum absolute atomic E-state index is 0.0765. The van der Waals surface area contributed by atoms with Gasteiger partial charge in [-0.2, -0.15) is 0 Å². The third-order valence-corrected chi connectivity index (χ3v) is 4.03. The molecule has 1 aliphatic carbocycles. The second kappa shape index (κ2) is 5.62. The van der Waals surface area contributed by atoms with E-state index in [9.17, 15) is 5.11 Å². The van der Waals surface area contributed by atoms with Gasteiger partial charge in [-0.25, -0.2) is 0 Å². The molecule has 1 heterocycles. The lowest BCUT2D eigenvalue weighted by Crippen LogP contribution is -2.28. The Labute approximate surface area is 119 Å². The summed E-state index contributed by atoms with van der Waals surface area (Å²) in [5.41, 5.74) is 0.489. The van der Waals surface area contributed by atoms with Crippen molar-refractivity contribution in [3.05, 3.63) is 23.8 Å². The summed E-state index contributed by atoms with van der Waals surface area (Å²) in [5.74, 6) is 1.50. The lowest BCUT2D eigenvalue weighted by Gasteiger charge is -2.26. The van der Waals surface area contributed by atoms with Crippen LogP contribution in [-0.2, 0) is 11.2 Å². The van der Waals surface area contributed by atoms with E-state index in [0.717, 1.165) is 49.4 Å². The summed E-state index contributed by atoms with van der Waals surface area (Å²) in [7, 11) is 1.65. The highest BCUT2D eigenvalue weighted by Crippen LogP contribution is 2.42. The first kappa shape index (κ1) is 13.7. The lowest BCUT2D eigenvalue weighted by molar-refractivity contribution is 0.00572. The molecule has 0 bridgehead atoms. The zero-order chi connectivity index (χ0) is 14.0. The van der Waals surface area contributed by atoms with Crippen LogP contribution in [0.4, 0.5) is 0 Å². The zero-order valence-electron chi connectivity index (χ0n) is 11.9. The second-order valence-electron chi connectivity index (χ2n) is 5.81. The summed E-state index contributed by atoms with van der Waals surface area (Å²) in [5, 5.41) is 10.2. The summed E-state index contributed by atoms with van der Waals surface area (Å²) in [4.78, 5) is 0. The highest BCUT2D eigenvalue weighted by Gasteiger charge is 2.41. The van der Waals surface area contributed by atoms with Gasteiger partial charge in [0.1, 0.15) is 6.10 Å². The van der Waals surface area contributed by atoms with Gasteiger partial charge < -0.3 is 19.3 Å². The van der Waals surface area contributed by atoms with E-state index < -0.39 is 5.60 Å². The van der Waals surface area contributed by atoms with E-state index in [0.29, 0.717) is 13.0 Å². The molecule has 110 valence electrons. The SMILES string of the molecule is COc1cccc(CC2(O)CC2)c1OC1CCCOC1. The summed E-state index contributed by atoms with van der Waals surface area (Å²) >= 11 is 0. The van der Waals surface area contributed by atoms with Gasteiger partial charge >= 0.3 is 0 Å². The molecule has 0 amide bonds. The van der Waals surface area contributed by atoms with Crippen LogP contribution >= 0.6 is 0 Å². The number of methoxy groups -OCH3 is 1. The average molecular weight is 278 g/mol. The Bertz CT molecular complexity index is 462. The number of ether oxygens (including phenoxy) is 3.